The van der Waals surface area contributed by atoms with Gasteiger partial charge in [-0.05, 0) is 45.4 Å². The number of aromatic nitrogens is 2. The third-order valence-corrected chi connectivity index (χ3v) is 4.21. The first-order valence-corrected chi connectivity index (χ1v) is 8.23. The predicted octanol–water partition coefficient (Wildman–Crippen LogP) is 3.98. The third-order valence-electron chi connectivity index (χ3n) is 3.72. The van der Waals surface area contributed by atoms with E-state index in [1.165, 1.54) is 0 Å². The second-order valence-electron chi connectivity index (χ2n) is 6.66. The molecule has 0 radical (unpaired) electrons. The average molecular weight is 366 g/mol. The molecule has 1 unspecified atom stereocenters. The number of hydrogen-bond acceptors (Lipinski definition) is 3. The molecule has 2 aromatic rings. The lowest BCUT2D eigenvalue weighted by atomic mass is 10.2. The van der Waals surface area contributed by atoms with Crippen LogP contribution in [0.25, 0.3) is 10.9 Å². The number of fused-ring (bicyclic) bond motifs is 1. The Kier molecular flexibility index (Phi) is 3.89. The lowest BCUT2D eigenvalue weighted by molar-refractivity contribution is 0.0288. The van der Waals surface area contributed by atoms with Crippen molar-refractivity contribution in [2.45, 2.75) is 38.8 Å². The van der Waals surface area contributed by atoms with E-state index in [1.54, 1.807) is 4.90 Å². The highest BCUT2D eigenvalue weighted by atomic mass is 79.9. The summed E-state index contributed by atoms with van der Waals surface area (Å²) in [6.07, 6.45) is 2.52. The summed E-state index contributed by atoms with van der Waals surface area (Å²) in [7, 11) is 0. The molecule has 1 aromatic carbocycles. The molecule has 1 saturated heterocycles. The van der Waals surface area contributed by atoms with Crippen LogP contribution in [0, 0.1) is 0 Å². The Morgan fingerprint density at radius 3 is 2.91 bits per heavy atom. The van der Waals surface area contributed by atoms with Crippen molar-refractivity contribution < 1.29 is 9.53 Å². The summed E-state index contributed by atoms with van der Waals surface area (Å²) in [6, 6.07) is 6.33. The largest absolute Gasteiger partial charge is 0.444 e. The molecule has 5 nitrogen and oxygen atoms in total. The van der Waals surface area contributed by atoms with Crippen LogP contribution >= 0.6 is 15.9 Å². The summed E-state index contributed by atoms with van der Waals surface area (Å²) in [5.41, 5.74) is 0.638. The number of rotatable bonds is 1. The quantitative estimate of drug-likeness (QED) is 0.767. The third kappa shape index (κ3) is 3.11. The molecule has 2 heterocycles. The number of halogens is 1. The van der Waals surface area contributed by atoms with E-state index in [2.05, 4.69) is 33.2 Å². The molecule has 1 aliphatic heterocycles. The van der Waals surface area contributed by atoms with Gasteiger partial charge in [-0.1, -0.05) is 15.9 Å². The number of carbonyl (C=O) groups is 1. The first-order valence-electron chi connectivity index (χ1n) is 7.44. The van der Waals surface area contributed by atoms with Gasteiger partial charge in [0.1, 0.15) is 5.60 Å². The van der Waals surface area contributed by atoms with Crippen LogP contribution in [0.15, 0.2) is 28.9 Å². The minimum absolute atomic E-state index is 0.200. The van der Waals surface area contributed by atoms with Gasteiger partial charge in [0.25, 0.3) is 0 Å². The number of carbonyl (C=O) groups excluding carboxylic acids is 1. The standard InChI is InChI=1S/C16H20BrN3O2/c1-16(2,3)22-15(21)19-7-6-13(10-19)20-14-5-4-12(17)8-11(14)9-18-20/h4-5,8-9,13H,6-7,10H2,1-3H3. The van der Waals surface area contributed by atoms with Gasteiger partial charge in [0.05, 0.1) is 17.8 Å². The van der Waals surface area contributed by atoms with Gasteiger partial charge in [0.15, 0.2) is 0 Å². The summed E-state index contributed by atoms with van der Waals surface area (Å²) in [4.78, 5) is 13.9. The van der Waals surface area contributed by atoms with E-state index in [0.717, 1.165) is 21.8 Å². The smallest absolute Gasteiger partial charge is 0.410 e. The molecule has 118 valence electrons. The van der Waals surface area contributed by atoms with E-state index in [0.29, 0.717) is 13.1 Å². The Labute approximate surface area is 138 Å². The number of nitrogens with zero attached hydrogens (tertiary/aromatic N) is 3. The highest BCUT2D eigenvalue weighted by Crippen LogP contribution is 2.28. The minimum Gasteiger partial charge on any atom is -0.444 e. The van der Waals surface area contributed by atoms with E-state index in [9.17, 15) is 4.79 Å². The van der Waals surface area contributed by atoms with Crippen LogP contribution in [0.4, 0.5) is 4.79 Å². The summed E-state index contributed by atoms with van der Waals surface area (Å²) in [6.45, 7) is 7.01. The number of ether oxygens (including phenoxy) is 1. The van der Waals surface area contributed by atoms with Crippen molar-refractivity contribution >= 4 is 32.9 Å². The Morgan fingerprint density at radius 1 is 1.41 bits per heavy atom. The van der Waals surface area contributed by atoms with Crippen molar-refractivity contribution in [3.8, 4) is 0 Å². The highest BCUT2D eigenvalue weighted by Gasteiger charge is 2.31. The molecule has 0 bridgehead atoms. The molecule has 0 aliphatic carbocycles. The summed E-state index contributed by atoms with van der Waals surface area (Å²) < 4.78 is 8.50. The van der Waals surface area contributed by atoms with Crippen molar-refractivity contribution in [3.05, 3.63) is 28.9 Å². The van der Waals surface area contributed by atoms with Crippen LogP contribution in [0.1, 0.15) is 33.2 Å². The van der Waals surface area contributed by atoms with Crippen LogP contribution in [0.2, 0.25) is 0 Å². The van der Waals surface area contributed by atoms with Crippen molar-refractivity contribution in [2.75, 3.05) is 13.1 Å². The Balaban J connectivity index is 1.76. The highest BCUT2D eigenvalue weighted by molar-refractivity contribution is 9.10. The lowest BCUT2D eigenvalue weighted by Gasteiger charge is -2.24. The van der Waals surface area contributed by atoms with Crippen molar-refractivity contribution in [1.29, 1.82) is 0 Å². The van der Waals surface area contributed by atoms with E-state index >= 15 is 0 Å². The van der Waals surface area contributed by atoms with Crippen LogP contribution in [0.5, 0.6) is 0 Å². The molecule has 6 heteroatoms. The van der Waals surface area contributed by atoms with Crippen LogP contribution in [-0.2, 0) is 4.74 Å². The van der Waals surface area contributed by atoms with E-state index in [-0.39, 0.29) is 12.1 Å². The zero-order valence-corrected chi connectivity index (χ0v) is 14.6. The summed E-state index contributed by atoms with van der Waals surface area (Å²) >= 11 is 3.48. The van der Waals surface area contributed by atoms with Gasteiger partial charge < -0.3 is 9.64 Å². The molecule has 1 fully saturated rings. The zero-order valence-electron chi connectivity index (χ0n) is 13.0. The van der Waals surface area contributed by atoms with Gasteiger partial charge in [0.2, 0.25) is 0 Å². The normalized spacial score (nSPS) is 18.9. The molecule has 0 saturated carbocycles. The van der Waals surface area contributed by atoms with Gasteiger partial charge in [-0.25, -0.2) is 4.79 Å². The number of hydrogen-bond donors (Lipinski definition) is 0. The van der Waals surface area contributed by atoms with E-state index in [1.807, 2.05) is 37.7 Å². The summed E-state index contributed by atoms with van der Waals surface area (Å²) in [5.74, 6) is 0. The van der Waals surface area contributed by atoms with E-state index < -0.39 is 5.60 Å². The fourth-order valence-electron chi connectivity index (χ4n) is 2.75. The topological polar surface area (TPSA) is 47.4 Å². The van der Waals surface area contributed by atoms with Gasteiger partial charge in [-0.15, -0.1) is 0 Å². The van der Waals surface area contributed by atoms with Gasteiger partial charge in [-0.2, -0.15) is 5.10 Å². The maximum absolute atomic E-state index is 12.2. The van der Waals surface area contributed by atoms with Gasteiger partial charge in [0, 0.05) is 22.9 Å². The fourth-order valence-corrected chi connectivity index (χ4v) is 3.13. The molecule has 3 rings (SSSR count). The number of benzene rings is 1. The van der Waals surface area contributed by atoms with Crippen LogP contribution < -0.4 is 0 Å². The van der Waals surface area contributed by atoms with Crippen LogP contribution in [0.3, 0.4) is 0 Å². The number of amides is 1. The molecule has 0 spiro atoms. The van der Waals surface area contributed by atoms with Crippen molar-refractivity contribution in [3.63, 3.8) is 0 Å². The monoisotopic (exact) mass is 365 g/mol. The maximum atomic E-state index is 12.2. The van der Waals surface area contributed by atoms with Crippen molar-refractivity contribution in [1.82, 2.24) is 14.7 Å². The molecule has 1 atom stereocenters. The molecular formula is C16H20BrN3O2. The van der Waals surface area contributed by atoms with E-state index in [4.69, 9.17) is 4.74 Å². The number of likely N-dealkylation sites (tertiary alicyclic amines) is 1. The molecule has 0 N–H and O–H groups in total. The Bertz CT molecular complexity index is 705. The minimum atomic E-state index is -0.458. The summed E-state index contributed by atoms with van der Waals surface area (Å²) in [5, 5.41) is 5.61. The maximum Gasteiger partial charge on any atom is 0.410 e. The fraction of sp³-hybridized carbons (Fsp3) is 0.500. The average Bonchev–Trinajstić information content (AvgIpc) is 3.01. The van der Waals surface area contributed by atoms with Crippen LogP contribution in [-0.4, -0.2) is 39.5 Å². The SMILES string of the molecule is CC(C)(C)OC(=O)N1CCC(n2ncc3cc(Br)ccc32)C1. The molecule has 1 amide bonds. The molecule has 1 aliphatic rings. The predicted molar refractivity (Wildman–Crippen MR) is 88.9 cm³/mol. The first kappa shape index (κ1) is 15.3. The Hall–Kier alpha value is -1.56. The molecular weight excluding hydrogens is 346 g/mol. The lowest BCUT2D eigenvalue weighted by Crippen LogP contribution is -2.35. The second-order valence-corrected chi connectivity index (χ2v) is 7.58. The molecule has 22 heavy (non-hydrogen) atoms. The van der Waals surface area contributed by atoms with Crippen molar-refractivity contribution in [2.24, 2.45) is 0 Å². The first-order chi connectivity index (χ1) is 10.3. The zero-order chi connectivity index (χ0) is 15.9. The van der Waals surface area contributed by atoms with Gasteiger partial charge in [-0.3, -0.25) is 4.68 Å². The molecule has 1 aromatic heterocycles. The van der Waals surface area contributed by atoms with Gasteiger partial charge >= 0.3 is 6.09 Å². The second kappa shape index (κ2) is 5.57. The Morgan fingerprint density at radius 2 is 2.18 bits per heavy atom.